The zero-order valence-corrected chi connectivity index (χ0v) is 22.5. The predicted octanol–water partition coefficient (Wildman–Crippen LogP) is 6.13. The number of Topliss-reactive ketones (excluding diaryl/α,β-unsaturated/α-hetero) is 2. The Bertz CT molecular complexity index is 1320. The van der Waals surface area contributed by atoms with Gasteiger partial charge in [-0.2, -0.15) is 0 Å². The van der Waals surface area contributed by atoms with E-state index < -0.39 is 17.6 Å². The van der Waals surface area contributed by atoms with E-state index in [2.05, 4.69) is 21.2 Å². The van der Waals surface area contributed by atoms with Crippen molar-refractivity contribution in [3.8, 4) is 11.5 Å². The van der Waals surface area contributed by atoms with Gasteiger partial charge in [-0.25, -0.2) is 4.39 Å². The summed E-state index contributed by atoms with van der Waals surface area (Å²) in [4.78, 5) is 38.7. The van der Waals surface area contributed by atoms with Crippen LogP contribution in [0.3, 0.4) is 0 Å². The molecular formula is C29H27BrFNO6. The molecular weight excluding hydrogens is 557 g/mol. The summed E-state index contributed by atoms with van der Waals surface area (Å²) in [5, 5.41) is 2.66. The molecule has 0 aromatic heterocycles. The molecule has 198 valence electrons. The monoisotopic (exact) mass is 583 g/mol. The smallest absolute Gasteiger partial charge is 0.262 e. The van der Waals surface area contributed by atoms with Crippen LogP contribution < -0.4 is 14.8 Å². The molecule has 1 aliphatic heterocycles. The van der Waals surface area contributed by atoms with E-state index in [-0.39, 0.29) is 18.2 Å². The highest BCUT2D eigenvalue weighted by atomic mass is 79.9. The number of nitrogens with one attached hydrogen (secondary N) is 1. The molecule has 2 aromatic carbocycles. The van der Waals surface area contributed by atoms with Crippen LogP contribution in [0.1, 0.15) is 56.9 Å². The third kappa shape index (κ3) is 5.25. The van der Waals surface area contributed by atoms with Crippen LogP contribution >= 0.6 is 15.9 Å². The van der Waals surface area contributed by atoms with Gasteiger partial charge < -0.3 is 19.5 Å². The highest BCUT2D eigenvalue weighted by molar-refractivity contribution is 9.10. The van der Waals surface area contributed by atoms with E-state index in [4.69, 9.17) is 14.2 Å². The van der Waals surface area contributed by atoms with E-state index in [1.165, 1.54) is 24.3 Å². The van der Waals surface area contributed by atoms with Crippen LogP contribution in [0.5, 0.6) is 11.5 Å². The number of hydrogen-bond donors (Lipinski definition) is 1. The molecule has 3 aliphatic rings. The number of carbonyl (C=O) groups excluding carboxylic acids is 3. The van der Waals surface area contributed by atoms with E-state index in [0.29, 0.717) is 76.6 Å². The summed E-state index contributed by atoms with van der Waals surface area (Å²) in [6.07, 6.45) is 3.60. The van der Waals surface area contributed by atoms with E-state index in [9.17, 15) is 18.8 Å². The second-order valence-electron chi connectivity index (χ2n) is 9.37. The lowest BCUT2D eigenvalue weighted by atomic mass is 9.73. The van der Waals surface area contributed by atoms with E-state index >= 15 is 0 Å². The van der Waals surface area contributed by atoms with Crippen LogP contribution in [0, 0.1) is 5.82 Å². The van der Waals surface area contributed by atoms with Crippen LogP contribution in [0.25, 0.3) is 0 Å². The molecule has 0 atom stereocenters. The maximum Gasteiger partial charge on any atom is 0.262 e. The van der Waals surface area contributed by atoms with Gasteiger partial charge in [-0.1, -0.05) is 0 Å². The topological polar surface area (TPSA) is 90.9 Å². The van der Waals surface area contributed by atoms with E-state index in [1.54, 1.807) is 6.07 Å². The fraction of sp³-hybridized carbons (Fsp3) is 0.345. The molecule has 2 aromatic rings. The molecule has 0 bridgehead atoms. The minimum Gasteiger partial charge on any atom is -0.490 e. The second kappa shape index (κ2) is 11.1. The SMILES string of the molecule is CCOc1cc(C2C3=C(CCCC3=O)OC3=C2C(=O)CCC3)cc(Br)c1OCC(=O)Nc1ccc(F)cc1. The Labute approximate surface area is 228 Å². The Hall–Kier alpha value is -3.46. The average molecular weight is 584 g/mol. The molecule has 5 rings (SSSR count). The number of amides is 1. The third-order valence-electron chi connectivity index (χ3n) is 6.78. The van der Waals surface area contributed by atoms with Crippen molar-refractivity contribution in [2.24, 2.45) is 0 Å². The van der Waals surface area contributed by atoms with Crippen molar-refractivity contribution in [1.29, 1.82) is 0 Å². The van der Waals surface area contributed by atoms with Gasteiger partial charge >= 0.3 is 0 Å². The minimum absolute atomic E-state index is 0.00644. The van der Waals surface area contributed by atoms with Gasteiger partial charge in [0.25, 0.3) is 5.91 Å². The number of rotatable bonds is 7. The summed E-state index contributed by atoms with van der Waals surface area (Å²) < 4.78 is 31.5. The summed E-state index contributed by atoms with van der Waals surface area (Å²) in [5.41, 5.74) is 2.26. The number of ether oxygens (including phenoxy) is 3. The lowest BCUT2D eigenvalue weighted by Crippen LogP contribution is -2.30. The molecule has 2 aliphatic carbocycles. The van der Waals surface area contributed by atoms with Crippen LogP contribution in [-0.4, -0.2) is 30.7 Å². The van der Waals surface area contributed by atoms with Crippen molar-refractivity contribution >= 4 is 39.1 Å². The number of hydrogen-bond acceptors (Lipinski definition) is 6. The summed E-state index contributed by atoms with van der Waals surface area (Å²) in [6.45, 7) is 1.85. The molecule has 38 heavy (non-hydrogen) atoms. The Morgan fingerprint density at radius 1 is 1.00 bits per heavy atom. The molecule has 7 nitrogen and oxygen atoms in total. The highest BCUT2D eigenvalue weighted by Gasteiger charge is 2.42. The lowest BCUT2D eigenvalue weighted by Gasteiger charge is -2.36. The molecule has 9 heteroatoms. The van der Waals surface area contributed by atoms with Gasteiger partial charge in [-0.05, 0) is 77.7 Å². The third-order valence-corrected chi connectivity index (χ3v) is 7.37. The first kappa shape index (κ1) is 26.2. The molecule has 0 saturated carbocycles. The summed E-state index contributed by atoms with van der Waals surface area (Å²) in [5.74, 6) is 0.647. The number of halogens is 2. The van der Waals surface area contributed by atoms with Crippen molar-refractivity contribution < 1.29 is 33.0 Å². The zero-order valence-electron chi connectivity index (χ0n) is 20.9. The molecule has 0 radical (unpaired) electrons. The van der Waals surface area contributed by atoms with Gasteiger partial charge in [-0.3, -0.25) is 14.4 Å². The van der Waals surface area contributed by atoms with Crippen molar-refractivity contribution in [3.63, 3.8) is 0 Å². The summed E-state index contributed by atoms with van der Waals surface area (Å²) in [6, 6.07) is 9.02. The highest BCUT2D eigenvalue weighted by Crippen LogP contribution is 2.50. The molecule has 1 N–H and O–H groups in total. The molecule has 1 amide bonds. The fourth-order valence-corrected chi connectivity index (χ4v) is 5.75. The number of carbonyl (C=O) groups is 3. The van der Waals surface area contributed by atoms with Gasteiger partial charge in [0.05, 0.1) is 11.1 Å². The number of benzene rings is 2. The first-order valence-electron chi connectivity index (χ1n) is 12.7. The first-order chi connectivity index (χ1) is 18.4. The lowest BCUT2D eigenvalue weighted by molar-refractivity contribution is -0.119. The van der Waals surface area contributed by atoms with Gasteiger partial charge in [0, 0.05) is 48.4 Å². The quantitative estimate of drug-likeness (QED) is 0.421. The number of allylic oxidation sites excluding steroid dienone is 4. The fourth-order valence-electron chi connectivity index (χ4n) is 5.18. The average Bonchev–Trinajstić information content (AvgIpc) is 2.89. The molecule has 0 unspecified atom stereocenters. The van der Waals surface area contributed by atoms with Crippen molar-refractivity contribution in [3.05, 3.63) is 74.9 Å². The van der Waals surface area contributed by atoms with Gasteiger partial charge in [0.2, 0.25) is 0 Å². The van der Waals surface area contributed by atoms with Crippen molar-refractivity contribution in [2.45, 2.75) is 51.4 Å². The Morgan fingerprint density at radius 3 is 2.24 bits per heavy atom. The largest absolute Gasteiger partial charge is 0.490 e. The van der Waals surface area contributed by atoms with Crippen LogP contribution in [0.4, 0.5) is 10.1 Å². The summed E-state index contributed by atoms with van der Waals surface area (Å²) in [7, 11) is 0. The molecule has 0 fully saturated rings. The molecule has 1 heterocycles. The van der Waals surface area contributed by atoms with Gasteiger partial charge in [0.1, 0.15) is 17.3 Å². The van der Waals surface area contributed by atoms with Gasteiger partial charge in [0.15, 0.2) is 29.7 Å². The Balaban J connectivity index is 1.47. The van der Waals surface area contributed by atoms with Crippen molar-refractivity contribution in [1.82, 2.24) is 0 Å². The predicted molar refractivity (Wildman–Crippen MR) is 141 cm³/mol. The zero-order chi connectivity index (χ0) is 26.8. The summed E-state index contributed by atoms with van der Waals surface area (Å²) >= 11 is 3.55. The number of anilines is 1. The maximum absolute atomic E-state index is 13.1. The second-order valence-corrected chi connectivity index (χ2v) is 10.2. The first-order valence-corrected chi connectivity index (χ1v) is 13.5. The van der Waals surface area contributed by atoms with Crippen molar-refractivity contribution in [2.75, 3.05) is 18.5 Å². The Morgan fingerprint density at radius 2 is 1.63 bits per heavy atom. The van der Waals surface area contributed by atoms with E-state index in [0.717, 1.165) is 18.4 Å². The number of ketones is 2. The van der Waals surface area contributed by atoms with Gasteiger partial charge in [-0.15, -0.1) is 0 Å². The minimum atomic E-state index is -0.541. The van der Waals surface area contributed by atoms with Crippen LogP contribution in [0.15, 0.2) is 63.5 Å². The van der Waals surface area contributed by atoms with Crippen LogP contribution in [0.2, 0.25) is 0 Å². The normalized spacial score (nSPS) is 17.6. The van der Waals surface area contributed by atoms with E-state index in [1.807, 2.05) is 13.0 Å². The van der Waals surface area contributed by atoms with Crippen LogP contribution in [-0.2, 0) is 19.1 Å². The molecule has 0 spiro atoms. The molecule has 0 saturated heterocycles. The maximum atomic E-state index is 13.1. The Kier molecular flexibility index (Phi) is 7.65. The standard InChI is InChI=1S/C29H27BrFNO6/c1-2-36-24-14-16(13-19(30)29(24)37-15-25(35)32-18-11-9-17(31)10-12-18)26-27-20(33)5-3-7-22(27)38-23-8-4-6-21(34)28(23)26/h9-14,26H,2-8,15H2,1H3,(H,32,35).